The van der Waals surface area contributed by atoms with Gasteiger partial charge in [-0.3, -0.25) is 5.41 Å². The van der Waals surface area contributed by atoms with Gasteiger partial charge in [0.05, 0.1) is 13.2 Å². The van der Waals surface area contributed by atoms with Crippen LogP contribution in [-0.4, -0.2) is 33.5 Å². The number of carbonyl (C=O) groups is 1. The third kappa shape index (κ3) is 5.03. The molecule has 1 unspecified atom stereocenters. The third-order valence-electron chi connectivity index (χ3n) is 3.14. The molecule has 1 saturated carbocycles. The molecule has 0 aromatic rings. The zero-order chi connectivity index (χ0) is 14.5. The molecule has 1 aliphatic rings. The first-order valence-electron chi connectivity index (χ1n) is 6.07. The number of ether oxygens (including phenoxy) is 1. The number of amidine groups is 1. The maximum Gasteiger partial charge on any atom is 0.421 e. The third-order valence-corrected chi connectivity index (χ3v) is 4.14. The monoisotopic (exact) mass is 292 g/mol. The number of hydrogen-bond donors (Lipinski definition) is 4. The Morgan fingerprint density at radius 3 is 2.42 bits per heavy atom. The number of rotatable bonds is 5. The molecule has 110 valence electrons. The van der Waals surface area contributed by atoms with Crippen molar-refractivity contribution in [3.63, 3.8) is 0 Å². The molecule has 1 atom stereocenters. The van der Waals surface area contributed by atoms with Gasteiger partial charge in [0.25, 0.3) is 0 Å². The van der Waals surface area contributed by atoms with Crippen molar-refractivity contribution >= 4 is 22.1 Å². The van der Waals surface area contributed by atoms with Gasteiger partial charge in [-0.25, -0.2) is 9.52 Å². The van der Waals surface area contributed by atoms with Gasteiger partial charge in [0, 0.05) is 0 Å². The van der Waals surface area contributed by atoms with Crippen molar-refractivity contribution in [2.45, 2.75) is 38.1 Å². The Bertz CT molecular complexity index is 431. The van der Waals surface area contributed by atoms with Crippen molar-refractivity contribution in [2.24, 2.45) is 11.7 Å². The molecular formula is C10H20N4O4S. The lowest BCUT2D eigenvalue weighted by atomic mass is 9.84. The van der Waals surface area contributed by atoms with Crippen molar-refractivity contribution in [1.29, 1.82) is 5.41 Å². The summed E-state index contributed by atoms with van der Waals surface area (Å²) < 4.78 is 31.5. The molecule has 0 aliphatic heterocycles. The van der Waals surface area contributed by atoms with Gasteiger partial charge in [0.2, 0.25) is 0 Å². The summed E-state index contributed by atoms with van der Waals surface area (Å²) in [5.41, 5.74) is 5.45. The summed E-state index contributed by atoms with van der Waals surface area (Å²) in [7, 11) is -3.02. The highest BCUT2D eigenvalue weighted by Crippen LogP contribution is 2.26. The van der Waals surface area contributed by atoms with Crippen molar-refractivity contribution in [1.82, 2.24) is 9.44 Å². The average Bonchev–Trinajstić information content (AvgIpc) is 2.36. The molecular weight excluding hydrogens is 272 g/mol. The number of amides is 1. The van der Waals surface area contributed by atoms with Crippen LogP contribution in [0.25, 0.3) is 0 Å². The van der Waals surface area contributed by atoms with Crippen molar-refractivity contribution in [3.8, 4) is 0 Å². The molecule has 1 aliphatic carbocycles. The molecule has 1 amide bonds. The van der Waals surface area contributed by atoms with Crippen LogP contribution in [0, 0.1) is 11.3 Å². The van der Waals surface area contributed by atoms with Gasteiger partial charge in [-0.1, -0.05) is 19.3 Å². The maximum absolute atomic E-state index is 11.7. The lowest BCUT2D eigenvalue weighted by Crippen LogP contribution is -2.53. The number of nitrogens with two attached hydrogens (primary N) is 1. The van der Waals surface area contributed by atoms with Crippen LogP contribution in [0.3, 0.4) is 0 Å². The van der Waals surface area contributed by atoms with E-state index in [0.717, 1.165) is 39.2 Å². The topological polar surface area (TPSA) is 134 Å². The molecule has 1 rings (SSSR count). The molecule has 0 radical (unpaired) electrons. The fourth-order valence-corrected chi connectivity index (χ4v) is 3.24. The second-order valence-electron chi connectivity index (χ2n) is 4.55. The summed E-state index contributed by atoms with van der Waals surface area (Å²) in [4.78, 5) is 10.9. The minimum Gasteiger partial charge on any atom is -0.452 e. The molecule has 0 aromatic carbocycles. The zero-order valence-electron chi connectivity index (χ0n) is 10.8. The van der Waals surface area contributed by atoms with E-state index in [9.17, 15) is 13.2 Å². The molecule has 9 heteroatoms. The minimum absolute atomic E-state index is 0.0135. The summed E-state index contributed by atoms with van der Waals surface area (Å²) in [6.45, 7) is 0. The maximum atomic E-state index is 11.7. The van der Waals surface area contributed by atoms with E-state index in [1.165, 1.54) is 0 Å². The predicted octanol–water partition coefficient (Wildman–Crippen LogP) is 0.0617. The molecule has 0 heterocycles. The Labute approximate surface area is 112 Å². The van der Waals surface area contributed by atoms with Crippen LogP contribution >= 0.6 is 0 Å². The highest BCUT2D eigenvalue weighted by Gasteiger charge is 2.30. The van der Waals surface area contributed by atoms with Crippen molar-refractivity contribution < 1.29 is 17.9 Å². The molecule has 0 saturated heterocycles. The SMILES string of the molecule is COC(=O)NS(=O)(=O)NC(C(=N)N)C1CCCCC1. The van der Waals surface area contributed by atoms with Gasteiger partial charge in [0.1, 0.15) is 5.84 Å². The number of nitrogens with one attached hydrogen (secondary N) is 3. The van der Waals surface area contributed by atoms with Gasteiger partial charge >= 0.3 is 16.3 Å². The second-order valence-corrected chi connectivity index (χ2v) is 5.99. The first-order chi connectivity index (χ1) is 8.85. The largest absolute Gasteiger partial charge is 0.452 e. The molecule has 19 heavy (non-hydrogen) atoms. The Morgan fingerprint density at radius 2 is 1.95 bits per heavy atom. The zero-order valence-corrected chi connectivity index (χ0v) is 11.6. The van der Waals surface area contributed by atoms with E-state index in [-0.39, 0.29) is 11.8 Å². The lowest BCUT2D eigenvalue weighted by molar-refractivity contribution is 0.177. The van der Waals surface area contributed by atoms with Crippen molar-refractivity contribution in [3.05, 3.63) is 0 Å². The number of carbonyl (C=O) groups excluding carboxylic acids is 1. The van der Waals surface area contributed by atoms with Crippen LogP contribution in [0.2, 0.25) is 0 Å². The van der Waals surface area contributed by atoms with Gasteiger partial charge in [0.15, 0.2) is 0 Å². The summed E-state index contributed by atoms with van der Waals surface area (Å²) in [6.07, 6.45) is 3.62. The molecule has 1 fully saturated rings. The highest BCUT2D eigenvalue weighted by molar-refractivity contribution is 7.88. The molecule has 8 nitrogen and oxygen atoms in total. The number of methoxy groups -OCH3 is 1. The van der Waals surface area contributed by atoms with E-state index in [2.05, 4.69) is 9.46 Å². The highest BCUT2D eigenvalue weighted by atomic mass is 32.2. The minimum atomic E-state index is -4.08. The summed E-state index contributed by atoms with van der Waals surface area (Å²) in [6, 6.07) is -0.789. The number of hydrogen-bond acceptors (Lipinski definition) is 5. The van der Waals surface area contributed by atoms with E-state index in [0.29, 0.717) is 0 Å². The standard InChI is InChI=1S/C10H20N4O4S/c1-18-10(15)14-19(16,17)13-8(9(11)12)7-5-3-2-4-6-7/h7-8,13H,2-6H2,1H3,(H3,11,12)(H,14,15). The van der Waals surface area contributed by atoms with Crippen LogP contribution < -0.4 is 15.2 Å². The van der Waals surface area contributed by atoms with Crippen molar-refractivity contribution in [2.75, 3.05) is 7.11 Å². The summed E-state index contributed by atoms with van der Waals surface area (Å²) in [5, 5.41) is 7.50. The smallest absolute Gasteiger partial charge is 0.421 e. The van der Waals surface area contributed by atoms with E-state index in [1.54, 1.807) is 4.72 Å². The van der Waals surface area contributed by atoms with Gasteiger partial charge in [-0.05, 0) is 18.8 Å². The molecule has 0 aromatic heterocycles. The van der Waals surface area contributed by atoms with Gasteiger partial charge in [-0.15, -0.1) is 0 Å². The fourth-order valence-electron chi connectivity index (χ4n) is 2.23. The van der Waals surface area contributed by atoms with E-state index in [1.807, 2.05) is 0 Å². The van der Waals surface area contributed by atoms with Crippen LogP contribution in [0.4, 0.5) is 4.79 Å². The average molecular weight is 292 g/mol. The van der Waals surface area contributed by atoms with Crippen LogP contribution in [0.15, 0.2) is 0 Å². The first-order valence-corrected chi connectivity index (χ1v) is 7.56. The fraction of sp³-hybridized carbons (Fsp3) is 0.800. The van der Waals surface area contributed by atoms with E-state index >= 15 is 0 Å². The van der Waals surface area contributed by atoms with E-state index < -0.39 is 22.3 Å². The van der Waals surface area contributed by atoms with Crippen LogP contribution in [0.1, 0.15) is 32.1 Å². The quantitative estimate of drug-likeness (QED) is 0.420. The Hall–Kier alpha value is -1.35. The van der Waals surface area contributed by atoms with E-state index in [4.69, 9.17) is 11.1 Å². The second kappa shape index (κ2) is 6.71. The molecule has 0 spiro atoms. The Kier molecular flexibility index (Phi) is 5.55. The molecule has 5 N–H and O–H groups in total. The summed E-state index contributed by atoms with van der Waals surface area (Å²) in [5.74, 6) is -0.261. The first kappa shape index (κ1) is 15.7. The normalized spacial score (nSPS) is 18.6. The predicted molar refractivity (Wildman–Crippen MR) is 69.9 cm³/mol. The summed E-state index contributed by atoms with van der Waals surface area (Å²) >= 11 is 0. The van der Waals surface area contributed by atoms with Gasteiger partial charge < -0.3 is 10.5 Å². The van der Waals surface area contributed by atoms with Crippen LogP contribution in [0.5, 0.6) is 0 Å². The van der Waals surface area contributed by atoms with Gasteiger partial charge in [-0.2, -0.15) is 13.1 Å². The Morgan fingerprint density at radius 1 is 1.37 bits per heavy atom. The van der Waals surface area contributed by atoms with Crippen LogP contribution in [-0.2, 0) is 14.9 Å². The molecule has 0 bridgehead atoms. The Balaban J connectivity index is 2.72. The lowest BCUT2D eigenvalue weighted by Gasteiger charge is -2.29.